The number of fused-ring (bicyclic) bond motifs is 3. The molecule has 0 spiro atoms. The van der Waals surface area contributed by atoms with Crippen molar-refractivity contribution >= 4 is 18.0 Å². The molecule has 1 aliphatic carbocycles. The van der Waals surface area contributed by atoms with E-state index < -0.39 is 43.3 Å². The number of amides is 2. The molecule has 0 fully saturated rings. The van der Waals surface area contributed by atoms with Crippen molar-refractivity contribution in [3.8, 4) is 11.1 Å². The molecule has 2 amide bonds. The molecule has 0 saturated heterocycles. The SMILES string of the molecule is COC(=O)[C@H](CO)NC(=O)[C@H](CO)NC(=O)OCC1c2ccccc2-c2ccccc21. The number of nitrogens with one attached hydrogen (secondary N) is 2. The van der Waals surface area contributed by atoms with Crippen LogP contribution in [0.5, 0.6) is 0 Å². The molecule has 164 valence electrons. The first-order valence-corrected chi connectivity index (χ1v) is 9.71. The predicted molar refractivity (Wildman–Crippen MR) is 110 cm³/mol. The maximum atomic E-state index is 12.3. The molecule has 0 radical (unpaired) electrons. The molecule has 0 aliphatic heterocycles. The van der Waals surface area contributed by atoms with Crippen LogP contribution in [-0.2, 0) is 19.1 Å². The summed E-state index contributed by atoms with van der Waals surface area (Å²) in [5.41, 5.74) is 4.24. The first kappa shape index (κ1) is 22.3. The fourth-order valence-electron chi connectivity index (χ4n) is 3.57. The van der Waals surface area contributed by atoms with Gasteiger partial charge in [0.25, 0.3) is 0 Å². The molecule has 3 rings (SSSR count). The number of alkyl carbamates (subject to hydrolysis) is 1. The van der Waals surface area contributed by atoms with Gasteiger partial charge < -0.3 is 30.3 Å². The normalized spacial score (nSPS) is 14.0. The van der Waals surface area contributed by atoms with E-state index in [2.05, 4.69) is 15.4 Å². The summed E-state index contributed by atoms with van der Waals surface area (Å²) in [4.78, 5) is 36.0. The first-order chi connectivity index (χ1) is 15.0. The van der Waals surface area contributed by atoms with Crippen LogP contribution in [-0.4, -0.2) is 67.2 Å². The lowest BCUT2D eigenvalue weighted by Crippen LogP contribution is -2.54. The monoisotopic (exact) mass is 428 g/mol. The third-order valence-corrected chi connectivity index (χ3v) is 5.12. The summed E-state index contributed by atoms with van der Waals surface area (Å²) in [7, 11) is 1.11. The molecule has 0 saturated carbocycles. The van der Waals surface area contributed by atoms with Gasteiger partial charge in [0.1, 0.15) is 12.6 Å². The fourth-order valence-corrected chi connectivity index (χ4v) is 3.57. The number of aliphatic hydroxyl groups excluding tert-OH is 2. The Morgan fingerprint density at radius 3 is 1.97 bits per heavy atom. The molecule has 0 unspecified atom stereocenters. The summed E-state index contributed by atoms with van der Waals surface area (Å²) >= 11 is 0. The Balaban J connectivity index is 1.62. The average Bonchev–Trinajstić information content (AvgIpc) is 3.12. The lowest BCUT2D eigenvalue weighted by atomic mass is 9.98. The second-order valence-electron chi connectivity index (χ2n) is 6.97. The molecule has 0 heterocycles. The van der Waals surface area contributed by atoms with Crippen LogP contribution >= 0.6 is 0 Å². The van der Waals surface area contributed by atoms with Crippen LogP contribution < -0.4 is 10.6 Å². The van der Waals surface area contributed by atoms with E-state index >= 15 is 0 Å². The number of methoxy groups -OCH3 is 1. The van der Waals surface area contributed by atoms with Crippen molar-refractivity contribution < 1.29 is 34.1 Å². The summed E-state index contributed by atoms with van der Waals surface area (Å²) in [6, 6.07) is 13.0. The smallest absolute Gasteiger partial charge is 0.407 e. The number of aliphatic hydroxyl groups is 2. The van der Waals surface area contributed by atoms with Crippen LogP contribution in [0.4, 0.5) is 4.79 Å². The summed E-state index contributed by atoms with van der Waals surface area (Å²) in [6.07, 6.45) is -0.894. The minimum absolute atomic E-state index is 0.0427. The Kier molecular flexibility index (Phi) is 7.22. The van der Waals surface area contributed by atoms with Crippen molar-refractivity contribution in [3.63, 3.8) is 0 Å². The summed E-state index contributed by atoms with van der Waals surface area (Å²) < 4.78 is 9.80. The van der Waals surface area contributed by atoms with E-state index in [1.165, 1.54) is 0 Å². The Bertz CT molecular complexity index is 917. The Morgan fingerprint density at radius 1 is 0.903 bits per heavy atom. The van der Waals surface area contributed by atoms with Crippen LogP contribution in [0.3, 0.4) is 0 Å². The number of rotatable bonds is 8. The summed E-state index contributed by atoms with van der Waals surface area (Å²) in [5, 5.41) is 23.1. The summed E-state index contributed by atoms with van der Waals surface area (Å²) in [6.45, 7) is -1.38. The zero-order valence-electron chi connectivity index (χ0n) is 16.9. The van der Waals surface area contributed by atoms with Gasteiger partial charge in [-0.3, -0.25) is 4.79 Å². The first-order valence-electron chi connectivity index (χ1n) is 9.71. The number of benzene rings is 2. The Labute approximate surface area is 179 Å². The molecule has 0 aromatic heterocycles. The van der Waals surface area contributed by atoms with Gasteiger partial charge in [-0.15, -0.1) is 0 Å². The van der Waals surface area contributed by atoms with Gasteiger partial charge in [0.05, 0.1) is 20.3 Å². The van der Waals surface area contributed by atoms with Crippen LogP contribution in [0, 0.1) is 0 Å². The third-order valence-electron chi connectivity index (χ3n) is 5.12. The topological polar surface area (TPSA) is 134 Å². The van der Waals surface area contributed by atoms with Gasteiger partial charge in [0.2, 0.25) is 5.91 Å². The number of hydrogen-bond acceptors (Lipinski definition) is 7. The molecule has 0 bridgehead atoms. The summed E-state index contributed by atoms with van der Waals surface area (Å²) in [5.74, 6) is -1.87. The Morgan fingerprint density at radius 2 is 1.45 bits per heavy atom. The van der Waals surface area contributed by atoms with Crippen LogP contribution in [0.1, 0.15) is 17.0 Å². The number of esters is 1. The predicted octanol–water partition coefficient (Wildman–Crippen LogP) is 0.536. The van der Waals surface area contributed by atoms with Gasteiger partial charge in [0, 0.05) is 5.92 Å². The second-order valence-corrected chi connectivity index (χ2v) is 6.97. The highest BCUT2D eigenvalue weighted by Crippen LogP contribution is 2.44. The molecule has 2 atom stereocenters. The highest BCUT2D eigenvalue weighted by atomic mass is 16.5. The minimum Gasteiger partial charge on any atom is -0.467 e. The zero-order valence-corrected chi connectivity index (χ0v) is 16.9. The largest absolute Gasteiger partial charge is 0.467 e. The van der Waals surface area contributed by atoms with Crippen molar-refractivity contribution in [2.45, 2.75) is 18.0 Å². The quantitative estimate of drug-likeness (QED) is 0.451. The van der Waals surface area contributed by atoms with Crippen molar-refractivity contribution in [1.82, 2.24) is 10.6 Å². The number of carbonyl (C=O) groups is 3. The number of hydrogen-bond donors (Lipinski definition) is 4. The van der Waals surface area contributed by atoms with E-state index in [9.17, 15) is 24.6 Å². The van der Waals surface area contributed by atoms with Gasteiger partial charge in [-0.1, -0.05) is 48.5 Å². The molecule has 2 aromatic rings. The molecular weight excluding hydrogens is 404 g/mol. The molecule has 31 heavy (non-hydrogen) atoms. The van der Waals surface area contributed by atoms with Crippen molar-refractivity contribution in [1.29, 1.82) is 0 Å². The highest BCUT2D eigenvalue weighted by Gasteiger charge is 2.30. The number of ether oxygens (including phenoxy) is 2. The van der Waals surface area contributed by atoms with Crippen molar-refractivity contribution in [2.24, 2.45) is 0 Å². The van der Waals surface area contributed by atoms with Crippen LogP contribution in [0.25, 0.3) is 11.1 Å². The number of carbonyl (C=O) groups excluding carboxylic acids is 3. The second kappa shape index (κ2) is 10.1. The van der Waals surface area contributed by atoms with E-state index in [1.54, 1.807) is 0 Å². The lowest BCUT2D eigenvalue weighted by molar-refractivity contribution is -0.146. The lowest BCUT2D eigenvalue weighted by Gasteiger charge is -2.20. The van der Waals surface area contributed by atoms with E-state index in [1.807, 2.05) is 48.5 Å². The maximum absolute atomic E-state index is 12.3. The van der Waals surface area contributed by atoms with Gasteiger partial charge in [0.15, 0.2) is 6.04 Å². The van der Waals surface area contributed by atoms with E-state index in [-0.39, 0.29) is 12.5 Å². The van der Waals surface area contributed by atoms with E-state index in [0.29, 0.717) is 0 Å². The molecule has 1 aliphatic rings. The van der Waals surface area contributed by atoms with E-state index in [4.69, 9.17) is 4.74 Å². The van der Waals surface area contributed by atoms with Crippen LogP contribution in [0.2, 0.25) is 0 Å². The zero-order chi connectivity index (χ0) is 22.4. The Hall–Kier alpha value is -3.43. The van der Waals surface area contributed by atoms with Gasteiger partial charge in [-0.25, -0.2) is 9.59 Å². The van der Waals surface area contributed by atoms with Crippen molar-refractivity contribution in [3.05, 3.63) is 59.7 Å². The van der Waals surface area contributed by atoms with Gasteiger partial charge >= 0.3 is 12.1 Å². The van der Waals surface area contributed by atoms with Gasteiger partial charge in [-0.05, 0) is 22.3 Å². The van der Waals surface area contributed by atoms with Crippen molar-refractivity contribution in [2.75, 3.05) is 26.9 Å². The van der Waals surface area contributed by atoms with E-state index in [0.717, 1.165) is 29.4 Å². The standard InChI is InChI=1S/C22H24N2O7/c1-30-21(28)19(11-26)23-20(27)18(10-25)24-22(29)31-12-17-15-8-4-2-6-13(15)14-7-3-5-9-16(14)17/h2-9,17-19,25-26H,10-12H2,1H3,(H,23,27)(H,24,29)/t18-,19-/m0/s1. The average molecular weight is 428 g/mol. The maximum Gasteiger partial charge on any atom is 0.407 e. The van der Waals surface area contributed by atoms with Crippen LogP contribution in [0.15, 0.2) is 48.5 Å². The highest BCUT2D eigenvalue weighted by molar-refractivity contribution is 5.89. The molecular formula is C22H24N2O7. The fraction of sp³-hybridized carbons (Fsp3) is 0.318. The molecule has 4 N–H and O–H groups in total. The third kappa shape index (κ3) is 4.84. The molecule has 2 aromatic carbocycles. The molecule has 9 nitrogen and oxygen atoms in total. The molecule has 9 heteroatoms. The van der Waals surface area contributed by atoms with Gasteiger partial charge in [-0.2, -0.15) is 0 Å². The minimum atomic E-state index is -1.37.